The van der Waals surface area contributed by atoms with Crippen LogP contribution in [0, 0.1) is 5.92 Å². The monoisotopic (exact) mass is 552 g/mol. The van der Waals surface area contributed by atoms with Crippen molar-refractivity contribution in [2.75, 3.05) is 37.7 Å². The number of halogens is 1. The first-order valence-corrected chi connectivity index (χ1v) is 15.5. The summed E-state index contributed by atoms with van der Waals surface area (Å²) in [6, 6.07) is 6.72. The lowest BCUT2D eigenvalue weighted by Crippen LogP contribution is -2.44. The summed E-state index contributed by atoms with van der Waals surface area (Å²) in [7, 11) is 0. The Morgan fingerprint density at radius 1 is 1.10 bits per heavy atom. The molecule has 210 valence electrons. The zero-order chi connectivity index (χ0) is 26.6. The van der Waals surface area contributed by atoms with Gasteiger partial charge in [-0.25, -0.2) is 0 Å². The number of benzene rings is 1. The summed E-state index contributed by atoms with van der Waals surface area (Å²) in [5.74, 6) is 1.63. The number of anilines is 1. The Morgan fingerprint density at radius 2 is 2.03 bits per heavy atom. The van der Waals surface area contributed by atoms with Crippen LogP contribution in [-0.2, 0) is 29.8 Å². The van der Waals surface area contributed by atoms with Crippen molar-refractivity contribution in [3.05, 3.63) is 45.6 Å². The molecule has 7 rings (SSSR count). The average molecular weight is 553 g/mol. The highest BCUT2D eigenvalue weighted by Crippen LogP contribution is 2.48. The summed E-state index contributed by atoms with van der Waals surface area (Å²) < 4.78 is 13.3. The molecule has 0 bridgehead atoms. The van der Waals surface area contributed by atoms with Crippen LogP contribution in [0.2, 0.25) is 5.02 Å². The summed E-state index contributed by atoms with van der Waals surface area (Å²) in [6.07, 6.45) is 9.60. The standard InChI is InChI=1S/C31H41ClN4O3/c1-21-16-30(11-5-14-36(30)18-21)20-38-29-33-27-17-31(12-3-7-23-25(31)8-2-9-26(23)32)39-19-24(27)28(34-29)35-13-4-6-22(37)10-15-35/h2,8-9,21-22,37H,3-7,10-20H2,1H3/t21?,22?,30-,31?/m0/s1. The van der Waals surface area contributed by atoms with Gasteiger partial charge in [-0.2, -0.15) is 9.97 Å². The Hall–Kier alpha value is -1.93. The molecule has 1 N–H and O–H groups in total. The van der Waals surface area contributed by atoms with Gasteiger partial charge in [0.2, 0.25) is 0 Å². The molecule has 0 radical (unpaired) electrons. The van der Waals surface area contributed by atoms with E-state index in [9.17, 15) is 5.11 Å². The number of ether oxygens (including phenoxy) is 2. The summed E-state index contributed by atoms with van der Waals surface area (Å²) in [5, 5.41) is 11.2. The molecule has 39 heavy (non-hydrogen) atoms. The van der Waals surface area contributed by atoms with Crippen LogP contribution < -0.4 is 9.64 Å². The maximum Gasteiger partial charge on any atom is 0.318 e. The highest BCUT2D eigenvalue weighted by molar-refractivity contribution is 6.31. The number of rotatable bonds is 4. The van der Waals surface area contributed by atoms with E-state index in [2.05, 4.69) is 22.8 Å². The number of aromatic nitrogens is 2. The van der Waals surface area contributed by atoms with E-state index in [0.717, 1.165) is 80.3 Å². The van der Waals surface area contributed by atoms with Crippen LogP contribution in [0.1, 0.15) is 80.7 Å². The molecule has 3 fully saturated rings. The van der Waals surface area contributed by atoms with E-state index < -0.39 is 5.60 Å². The number of nitrogens with zero attached hydrogens (tertiary/aromatic N) is 4. The third-order valence-electron chi connectivity index (χ3n) is 10.1. The smallest absolute Gasteiger partial charge is 0.318 e. The first-order valence-electron chi connectivity index (χ1n) is 15.1. The Bertz CT molecular complexity index is 1240. The zero-order valence-corrected chi connectivity index (χ0v) is 23.9. The van der Waals surface area contributed by atoms with Crippen LogP contribution in [0.4, 0.5) is 5.82 Å². The predicted octanol–water partition coefficient (Wildman–Crippen LogP) is 5.04. The molecule has 8 heteroatoms. The second-order valence-electron chi connectivity index (χ2n) is 12.8. The minimum Gasteiger partial charge on any atom is -0.461 e. The van der Waals surface area contributed by atoms with E-state index in [0.29, 0.717) is 31.6 Å². The second kappa shape index (κ2) is 10.2. The Morgan fingerprint density at radius 3 is 2.95 bits per heavy atom. The van der Waals surface area contributed by atoms with Crippen LogP contribution in [0.5, 0.6) is 6.01 Å². The lowest BCUT2D eigenvalue weighted by molar-refractivity contribution is -0.0855. The number of aliphatic hydroxyl groups is 1. The Labute approximate surface area is 236 Å². The third-order valence-corrected chi connectivity index (χ3v) is 10.4. The van der Waals surface area contributed by atoms with Crippen molar-refractivity contribution in [1.29, 1.82) is 0 Å². The zero-order valence-electron chi connectivity index (χ0n) is 23.1. The van der Waals surface area contributed by atoms with Crippen molar-refractivity contribution in [2.24, 2.45) is 5.92 Å². The van der Waals surface area contributed by atoms with E-state index in [-0.39, 0.29) is 11.6 Å². The normalized spacial score (nSPS) is 32.5. The summed E-state index contributed by atoms with van der Waals surface area (Å²) in [5.41, 5.74) is 4.26. The Kier molecular flexibility index (Phi) is 6.78. The lowest BCUT2D eigenvalue weighted by Gasteiger charge is -2.43. The number of fused-ring (bicyclic) bond motifs is 4. The third kappa shape index (κ3) is 4.63. The molecular weight excluding hydrogens is 512 g/mol. The van der Waals surface area contributed by atoms with E-state index in [1.807, 2.05) is 12.1 Å². The van der Waals surface area contributed by atoms with Crippen molar-refractivity contribution in [3.8, 4) is 6.01 Å². The molecule has 1 aliphatic carbocycles. The largest absolute Gasteiger partial charge is 0.461 e. The molecule has 0 saturated carbocycles. The number of hydrogen-bond donors (Lipinski definition) is 1. The van der Waals surface area contributed by atoms with Gasteiger partial charge in [0.1, 0.15) is 12.4 Å². The second-order valence-corrected chi connectivity index (χ2v) is 13.2. The molecule has 3 unspecified atom stereocenters. The molecular formula is C31H41ClN4O3. The average Bonchev–Trinajstić information content (AvgIpc) is 3.36. The maximum atomic E-state index is 10.3. The first kappa shape index (κ1) is 26.0. The van der Waals surface area contributed by atoms with Crippen molar-refractivity contribution >= 4 is 17.4 Å². The fraction of sp³-hybridized carbons (Fsp3) is 0.677. The fourth-order valence-electron chi connectivity index (χ4n) is 8.22. The minimum atomic E-state index is -0.412. The molecule has 5 aliphatic rings. The highest BCUT2D eigenvalue weighted by Gasteiger charge is 2.48. The summed E-state index contributed by atoms with van der Waals surface area (Å²) >= 11 is 6.65. The molecule has 7 nitrogen and oxygen atoms in total. The van der Waals surface area contributed by atoms with E-state index >= 15 is 0 Å². The van der Waals surface area contributed by atoms with Crippen LogP contribution in [-0.4, -0.2) is 64.4 Å². The lowest BCUT2D eigenvalue weighted by atomic mass is 9.75. The highest BCUT2D eigenvalue weighted by atomic mass is 35.5. The van der Waals surface area contributed by atoms with Gasteiger partial charge in [0.15, 0.2) is 0 Å². The summed E-state index contributed by atoms with van der Waals surface area (Å²) in [4.78, 5) is 15.1. The number of aliphatic hydroxyl groups excluding tert-OH is 1. The fourth-order valence-corrected chi connectivity index (χ4v) is 8.49. The topological polar surface area (TPSA) is 71.0 Å². The van der Waals surface area contributed by atoms with Crippen molar-refractivity contribution in [2.45, 2.75) is 95.0 Å². The molecule has 3 saturated heterocycles. The summed E-state index contributed by atoms with van der Waals surface area (Å²) in [6.45, 7) is 7.47. The molecule has 1 aromatic heterocycles. The van der Waals surface area contributed by atoms with Gasteiger partial charge in [-0.15, -0.1) is 0 Å². The SMILES string of the molecule is CC1CN2CCC[C@@]2(COc2nc3c(c(N4CCCC(O)CC4)n2)COC2(CCCc4c(Cl)cccc42)C3)C1. The van der Waals surface area contributed by atoms with Crippen molar-refractivity contribution in [3.63, 3.8) is 0 Å². The van der Waals surface area contributed by atoms with Gasteiger partial charge < -0.3 is 19.5 Å². The van der Waals surface area contributed by atoms with Crippen molar-refractivity contribution < 1.29 is 14.6 Å². The van der Waals surface area contributed by atoms with E-state index in [1.165, 1.54) is 36.9 Å². The molecule has 0 amide bonds. The molecule has 2 aromatic rings. The van der Waals surface area contributed by atoms with Gasteiger partial charge in [0.25, 0.3) is 0 Å². The van der Waals surface area contributed by atoms with Gasteiger partial charge >= 0.3 is 6.01 Å². The Balaban J connectivity index is 1.24. The molecule has 5 heterocycles. The van der Waals surface area contributed by atoms with Gasteiger partial charge in [0.05, 0.1) is 29.5 Å². The van der Waals surface area contributed by atoms with Crippen LogP contribution in [0.15, 0.2) is 18.2 Å². The van der Waals surface area contributed by atoms with Crippen LogP contribution >= 0.6 is 11.6 Å². The first-order chi connectivity index (χ1) is 18.9. The van der Waals surface area contributed by atoms with Gasteiger partial charge in [0, 0.05) is 36.6 Å². The van der Waals surface area contributed by atoms with Gasteiger partial charge in [-0.05, 0) is 87.4 Å². The predicted molar refractivity (Wildman–Crippen MR) is 151 cm³/mol. The quantitative estimate of drug-likeness (QED) is 0.570. The van der Waals surface area contributed by atoms with Gasteiger partial charge in [-0.1, -0.05) is 30.7 Å². The maximum absolute atomic E-state index is 10.3. The molecule has 4 aliphatic heterocycles. The minimum absolute atomic E-state index is 0.120. The van der Waals surface area contributed by atoms with E-state index in [4.69, 9.17) is 31.0 Å². The van der Waals surface area contributed by atoms with Crippen LogP contribution in [0.25, 0.3) is 0 Å². The molecule has 1 spiro atoms. The van der Waals surface area contributed by atoms with E-state index in [1.54, 1.807) is 0 Å². The van der Waals surface area contributed by atoms with Crippen molar-refractivity contribution in [1.82, 2.24) is 14.9 Å². The van der Waals surface area contributed by atoms with Gasteiger partial charge in [-0.3, -0.25) is 4.90 Å². The van der Waals surface area contributed by atoms with Crippen LogP contribution in [0.3, 0.4) is 0 Å². The molecule has 1 aromatic carbocycles. The number of hydrogen-bond acceptors (Lipinski definition) is 7. The molecule has 4 atom stereocenters.